The number of nitrogens with zero attached hydrogens (tertiary/aromatic N) is 3. The maximum atomic E-state index is 4.36. The molecule has 0 fully saturated rings. The van der Waals surface area contributed by atoms with Gasteiger partial charge in [0.2, 0.25) is 0 Å². The van der Waals surface area contributed by atoms with Gasteiger partial charge in [0.05, 0.1) is 0 Å². The van der Waals surface area contributed by atoms with Crippen molar-refractivity contribution in [2.24, 2.45) is 0 Å². The van der Waals surface area contributed by atoms with E-state index in [4.69, 9.17) is 0 Å². The molecule has 0 saturated carbocycles. The van der Waals surface area contributed by atoms with Crippen LogP contribution in [0, 0.1) is 6.92 Å². The molecule has 0 amide bonds. The molecule has 2 aromatic rings. The van der Waals surface area contributed by atoms with Crippen LogP contribution in [0.3, 0.4) is 0 Å². The molecule has 0 aliphatic heterocycles. The number of thioether (sulfide) groups is 1. The molecule has 2 rings (SSSR count). The van der Waals surface area contributed by atoms with Crippen molar-refractivity contribution >= 4 is 11.8 Å². The molecule has 0 bridgehead atoms. The van der Waals surface area contributed by atoms with E-state index in [1.165, 1.54) is 5.56 Å². The van der Waals surface area contributed by atoms with E-state index in [0.29, 0.717) is 0 Å². The van der Waals surface area contributed by atoms with Crippen molar-refractivity contribution in [3.05, 3.63) is 29.8 Å². The number of rotatable bonds is 5. The maximum Gasteiger partial charge on any atom is 0.191 e. The fourth-order valence-electron chi connectivity index (χ4n) is 1.95. The van der Waals surface area contributed by atoms with Crippen molar-refractivity contribution in [1.82, 2.24) is 14.8 Å². The van der Waals surface area contributed by atoms with Gasteiger partial charge in [-0.2, -0.15) is 0 Å². The van der Waals surface area contributed by atoms with E-state index in [9.17, 15) is 0 Å². The molecule has 1 heterocycles. The predicted molar refractivity (Wildman–Crippen MR) is 76.9 cm³/mol. The Bertz CT molecular complexity index is 520. The Morgan fingerprint density at radius 2 is 2.06 bits per heavy atom. The second-order valence-corrected chi connectivity index (χ2v) is 5.49. The van der Waals surface area contributed by atoms with Gasteiger partial charge in [-0.25, -0.2) is 0 Å². The van der Waals surface area contributed by atoms with Gasteiger partial charge in [-0.15, -0.1) is 10.2 Å². The first-order chi connectivity index (χ1) is 8.76. The summed E-state index contributed by atoms with van der Waals surface area (Å²) in [4.78, 5) is 0. The van der Waals surface area contributed by atoms with Crippen LogP contribution < -0.4 is 0 Å². The first kappa shape index (κ1) is 13.1. The van der Waals surface area contributed by atoms with Gasteiger partial charge in [-0.3, -0.25) is 0 Å². The first-order valence-corrected chi connectivity index (χ1v) is 7.37. The average molecular weight is 261 g/mol. The SMILES string of the molecule is CCCn1c(SCC)nnc1-c1cccc(C)c1. The van der Waals surface area contributed by atoms with Gasteiger partial charge in [0.1, 0.15) is 0 Å². The molecule has 0 radical (unpaired) electrons. The molecule has 96 valence electrons. The highest BCUT2D eigenvalue weighted by atomic mass is 32.2. The molecule has 0 atom stereocenters. The van der Waals surface area contributed by atoms with Crippen molar-refractivity contribution in [3.63, 3.8) is 0 Å². The fraction of sp³-hybridized carbons (Fsp3) is 0.429. The Morgan fingerprint density at radius 1 is 1.22 bits per heavy atom. The zero-order valence-corrected chi connectivity index (χ0v) is 12.0. The molecule has 0 N–H and O–H groups in total. The second-order valence-electron chi connectivity index (χ2n) is 4.26. The third-order valence-corrected chi connectivity index (χ3v) is 3.56. The molecular weight excluding hydrogens is 242 g/mol. The van der Waals surface area contributed by atoms with Gasteiger partial charge in [0, 0.05) is 12.1 Å². The summed E-state index contributed by atoms with van der Waals surface area (Å²) in [5.74, 6) is 2.01. The van der Waals surface area contributed by atoms with Gasteiger partial charge in [-0.05, 0) is 25.2 Å². The van der Waals surface area contributed by atoms with E-state index in [1.807, 2.05) is 0 Å². The number of aryl methyl sites for hydroxylation is 1. The summed E-state index contributed by atoms with van der Waals surface area (Å²) in [6, 6.07) is 8.44. The van der Waals surface area contributed by atoms with Crippen LogP contribution in [0.25, 0.3) is 11.4 Å². The number of benzene rings is 1. The zero-order valence-electron chi connectivity index (χ0n) is 11.2. The number of hydrogen-bond donors (Lipinski definition) is 0. The molecule has 0 spiro atoms. The summed E-state index contributed by atoms with van der Waals surface area (Å²) in [5.41, 5.74) is 2.40. The van der Waals surface area contributed by atoms with Gasteiger partial charge in [0.25, 0.3) is 0 Å². The lowest BCUT2D eigenvalue weighted by atomic mass is 10.1. The minimum Gasteiger partial charge on any atom is -0.302 e. The molecular formula is C14H19N3S. The fourth-order valence-corrected chi connectivity index (χ4v) is 2.64. The normalized spacial score (nSPS) is 10.8. The van der Waals surface area contributed by atoms with E-state index >= 15 is 0 Å². The standard InChI is InChI=1S/C14H19N3S/c1-4-9-17-13(15-16-14(17)18-5-2)12-8-6-7-11(3)10-12/h6-8,10H,4-5,9H2,1-3H3. The third kappa shape index (κ3) is 2.75. The molecule has 3 nitrogen and oxygen atoms in total. The summed E-state index contributed by atoms with van der Waals surface area (Å²) < 4.78 is 2.23. The lowest BCUT2D eigenvalue weighted by Gasteiger charge is -2.08. The van der Waals surface area contributed by atoms with Crippen LogP contribution in [-0.2, 0) is 6.54 Å². The minimum absolute atomic E-state index is 0.971. The molecule has 1 aromatic heterocycles. The van der Waals surface area contributed by atoms with Crippen LogP contribution in [0.1, 0.15) is 25.8 Å². The largest absolute Gasteiger partial charge is 0.302 e. The van der Waals surface area contributed by atoms with Gasteiger partial charge >= 0.3 is 0 Å². The summed E-state index contributed by atoms with van der Waals surface area (Å²) in [6.07, 6.45) is 1.09. The lowest BCUT2D eigenvalue weighted by molar-refractivity contribution is 0.626. The van der Waals surface area contributed by atoms with Gasteiger partial charge in [-0.1, -0.05) is 49.4 Å². The van der Waals surface area contributed by atoms with Crippen molar-refractivity contribution in [3.8, 4) is 11.4 Å². The molecule has 4 heteroatoms. The quantitative estimate of drug-likeness (QED) is 0.767. The van der Waals surface area contributed by atoms with E-state index < -0.39 is 0 Å². The van der Waals surface area contributed by atoms with E-state index in [2.05, 4.69) is 59.8 Å². The first-order valence-electron chi connectivity index (χ1n) is 6.39. The second kappa shape index (κ2) is 6.05. The zero-order chi connectivity index (χ0) is 13.0. The van der Waals surface area contributed by atoms with Crippen LogP contribution in [-0.4, -0.2) is 20.5 Å². The lowest BCUT2D eigenvalue weighted by Crippen LogP contribution is -2.01. The van der Waals surface area contributed by atoms with Crippen LogP contribution in [0.15, 0.2) is 29.4 Å². The Kier molecular flexibility index (Phi) is 4.42. The van der Waals surface area contributed by atoms with Crippen molar-refractivity contribution in [1.29, 1.82) is 0 Å². The van der Waals surface area contributed by atoms with E-state index in [-0.39, 0.29) is 0 Å². The molecule has 0 saturated heterocycles. The summed E-state index contributed by atoms with van der Waals surface area (Å²) in [5, 5.41) is 9.69. The molecule has 18 heavy (non-hydrogen) atoms. The van der Waals surface area contributed by atoms with Crippen molar-refractivity contribution < 1.29 is 0 Å². The highest BCUT2D eigenvalue weighted by Crippen LogP contribution is 2.24. The molecule has 0 unspecified atom stereocenters. The molecule has 0 aliphatic rings. The Hall–Kier alpha value is -1.29. The van der Waals surface area contributed by atoms with Crippen molar-refractivity contribution in [2.45, 2.75) is 38.9 Å². The molecule has 1 aromatic carbocycles. The highest BCUT2D eigenvalue weighted by Gasteiger charge is 2.12. The smallest absolute Gasteiger partial charge is 0.191 e. The Labute approximate surface area is 113 Å². The summed E-state index contributed by atoms with van der Waals surface area (Å²) in [6.45, 7) is 7.40. The van der Waals surface area contributed by atoms with Crippen LogP contribution in [0.4, 0.5) is 0 Å². The molecule has 0 aliphatic carbocycles. The maximum absolute atomic E-state index is 4.36. The summed E-state index contributed by atoms with van der Waals surface area (Å²) in [7, 11) is 0. The van der Waals surface area contributed by atoms with Crippen LogP contribution >= 0.6 is 11.8 Å². The number of hydrogen-bond acceptors (Lipinski definition) is 3. The minimum atomic E-state index is 0.971. The average Bonchev–Trinajstić information content (AvgIpc) is 2.74. The topological polar surface area (TPSA) is 30.7 Å². The van der Waals surface area contributed by atoms with Gasteiger partial charge in [0.15, 0.2) is 11.0 Å². The Morgan fingerprint density at radius 3 is 2.72 bits per heavy atom. The van der Waals surface area contributed by atoms with Crippen molar-refractivity contribution in [2.75, 3.05) is 5.75 Å². The van der Waals surface area contributed by atoms with Crippen LogP contribution in [0.2, 0.25) is 0 Å². The predicted octanol–water partition coefficient (Wildman–Crippen LogP) is 3.78. The highest BCUT2D eigenvalue weighted by molar-refractivity contribution is 7.99. The summed E-state index contributed by atoms with van der Waals surface area (Å²) >= 11 is 1.75. The Balaban J connectivity index is 2.43. The van der Waals surface area contributed by atoms with Gasteiger partial charge < -0.3 is 4.57 Å². The third-order valence-electron chi connectivity index (χ3n) is 2.71. The monoisotopic (exact) mass is 261 g/mol. The number of aromatic nitrogens is 3. The van der Waals surface area contributed by atoms with E-state index in [1.54, 1.807) is 11.8 Å². The van der Waals surface area contributed by atoms with Crippen LogP contribution in [0.5, 0.6) is 0 Å². The van der Waals surface area contributed by atoms with E-state index in [0.717, 1.165) is 35.3 Å².